The Balaban J connectivity index is 3.56. The molecule has 0 radical (unpaired) electrons. The molecule has 2 nitrogen and oxygen atoms in total. The Morgan fingerprint density at radius 3 is 2.82 bits per heavy atom. The molecule has 3 heteroatoms. The molecular weight excluding hydrogens is 208 g/mol. The Morgan fingerprint density at radius 1 is 1.55 bits per heavy atom. The van der Waals surface area contributed by atoms with E-state index >= 15 is 0 Å². The van der Waals surface area contributed by atoms with Crippen LogP contribution in [-0.4, -0.2) is 17.9 Å². The number of hydrogen-bond acceptors (Lipinski definition) is 2. The van der Waals surface area contributed by atoms with Crippen molar-refractivity contribution in [1.29, 1.82) is 0 Å². The molecule has 0 amide bonds. The highest BCUT2D eigenvalue weighted by Crippen LogP contribution is 1.85. The van der Waals surface area contributed by atoms with Crippen molar-refractivity contribution in [2.24, 2.45) is 0 Å². The zero-order chi connectivity index (χ0) is 8.53. The van der Waals surface area contributed by atoms with Crippen molar-refractivity contribution >= 4 is 21.9 Å². The number of rotatable bonds is 4. The molecule has 0 aromatic rings. The minimum absolute atomic E-state index is 0.299. The summed E-state index contributed by atoms with van der Waals surface area (Å²) in [5.74, 6) is -0.299. The smallest absolute Gasteiger partial charge is 0.330 e. The lowest BCUT2D eigenvalue weighted by atomic mass is 10.4. The Kier molecular flexibility index (Phi) is 7.15. The molecule has 0 bridgehead atoms. The van der Waals surface area contributed by atoms with E-state index in [9.17, 15) is 4.79 Å². The molecule has 0 aromatic carbocycles. The SMILES string of the molecule is CCOC(=O)C=CC=CCBr. The van der Waals surface area contributed by atoms with Gasteiger partial charge in [0.25, 0.3) is 0 Å². The van der Waals surface area contributed by atoms with Crippen molar-refractivity contribution in [1.82, 2.24) is 0 Å². The minimum Gasteiger partial charge on any atom is -0.463 e. The van der Waals surface area contributed by atoms with Crippen LogP contribution in [0.15, 0.2) is 24.3 Å². The number of halogens is 1. The molecule has 62 valence electrons. The highest BCUT2D eigenvalue weighted by Gasteiger charge is 1.89. The summed E-state index contributed by atoms with van der Waals surface area (Å²) in [4.78, 5) is 10.7. The van der Waals surface area contributed by atoms with E-state index in [-0.39, 0.29) is 5.97 Å². The van der Waals surface area contributed by atoms with E-state index in [1.807, 2.05) is 6.08 Å². The summed E-state index contributed by atoms with van der Waals surface area (Å²) in [7, 11) is 0. The van der Waals surface area contributed by atoms with Gasteiger partial charge < -0.3 is 4.74 Å². The fraction of sp³-hybridized carbons (Fsp3) is 0.375. The van der Waals surface area contributed by atoms with Gasteiger partial charge in [-0.3, -0.25) is 0 Å². The molecule has 0 N–H and O–H groups in total. The summed E-state index contributed by atoms with van der Waals surface area (Å²) in [6.07, 6.45) is 6.71. The summed E-state index contributed by atoms with van der Waals surface area (Å²) in [6, 6.07) is 0. The van der Waals surface area contributed by atoms with Gasteiger partial charge in [0.2, 0.25) is 0 Å². The normalized spacial score (nSPS) is 11.1. The molecule has 0 fully saturated rings. The Bertz CT molecular complexity index is 161. The van der Waals surface area contributed by atoms with Crippen molar-refractivity contribution in [3.63, 3.8) is 0 Å². The van der Waals surface area contributed by atoms with Crippen LogP contribution in [0.4, 0.5) is 0 Å². The van der Waals surface area contributed by atoms with Gasteiger partial charge in [-0.05, 0) is 6.92 Å². The minimum atomic E-state index is -0.299. The lowest BCUT2D eigenvalue weighted by molar-refractivity contribution is -0.137. The van der Waals surface area contributed by atoms with Crippen molar-refractivity contribution in [3.8, 4) is 0 Å². The largest absolute Gasteiger partial charge is 0.463 e. The first kappa shape index (κ1) is 10.4. The molecule has 0 aliphatic carbocycles. The molecule has 0 aliphatic heterocycles. The van der Waals surface area contributed by atoms with E-state index in [4.69, 9.17) is 0 Å². The van der Waals surface area contributed by atoms with Crippen LogP contribution in [-0.2, 0) is 9.53 Å². The second-order valence-electron chi connectivity index (χ2n) is 1.69. The first-order valence-corrected chi connectivity index (χ1v) is 4.49. The van der Waals surface area contributed by atoms with Crippen LogP contribution in [0.5, 0.6) is 0 Å². The van der Waals surface area contributed by atoms with Gasteiger partial charge in [-0.2, -0.15) is 0 Å². The molecule has 0 aliphatic rings. The summed E-state index contributed by atoms with van der Waals surface area (Å²) < 4.78 is 4.65. The van der Waals surface area contributed by atoms with Crippen molar-refractivity contribution in [2.75, 3.05) is 11.9 Å². The van der Waals surface area contributed by atoms with E-state index in [0.717, 1.165) is 5.33 Å². The summed E-state index contributed by atoms with van der Waals surface area (Å²) >= 11 is 3.21. The summed E-state index contributed by atoms with van der Waals surface area (Å²) in [5, 5.41) is 0.792. The van der Waals surface area contributed by atoms with Crippen LogP contribution < -0.4 is 0 Å². The van der Waals surface area contributed by atoms with Crippen molar-refractivity contribution in [3.05, 3.63) is 24.3 Å². The first-order chi connectivity index (χ1) is 5.31. The van der Waals surface area contributed by atoms with E-state index in [1.54, 1.807) is 19.1 Å². The van der Waals surface area contributed by atoms with E-state index in [2.05, 4.69) is 20.7 Å². The van der Waals surface area contributed by atoms with Gasteiger partial charge in [0.1, 0.15) is 0 Å². The molecule has 0 aromatic heterocycles. The summed E-state index contributed by atoms with van der Waals surface area (Å²) in [5.41, 5.74) is 0. The second-order valence-corrected chi connectivity index (χ2v) is 2.34. The quantitative estimate of drug-likeness (QED) is 0.313. The average molecular weight is 219 g/mol. The van der Waals surface area contributed by atoms with Gasteiger partial charge in [-0.15, -0.1) is 0 Å². The third-order valence-corrected chi connectivity index (χ3v) is 1.23. The van der Waals surface area contributed by atoms with E-state index in [1.165, 1.54) is 6.08 Å². The zero-order valence-corrected chi connectivity index (χ0v) is 8.00. The van der Waals surface area contributed by atoms with E-state index < -0.39 is 0 Å². The first-order valence-electron chi connectivity index (χ1n) is 3.37. The highest BCUT2D eigenvalue weighted by molar-refractivity contribution is 9.09. The fourth-order valence-corrected chi connectivity index (χ4v) is 0.670. The van der Waals surface area contributed by atoms with Gasteiger partial charge in [-0.1, -0.05) is 34.2 Å². The molecule has 0 atom stereocenters. The van der Waals surface area contributed by atoms with Crippen LogP contribution in [0.25, 0.3) is 0 Å². The lowest BCUT2D eigenvalue weighted by Crippen LogP contribution is -1.98. The maximum atomic E-state index is 10.7. The molecule has 0 saturated heterocycles. The topological polar surface area (TPSA) is 26.3 Å². The Labute approximate surface area is 75.1 Å². The maximum absolute atomic E-state index is 10.7. The van der Waals surface area contributed by atoms with Gasteiger partial charge >= 0.3 is 5.97 Å². The van der Waals surface area contributed by atoms with Crippen LogP contribution >= 0.6 is 15.9 Å². The third-order valence-electron chi connectivity index (χ3n) is 0.855. The number of carbonyl (C=O) groups is 1. The number of esters is 1. The fourth-order valence-electron chi connectivity index (χ4n) is 0.454. The second kappa shape index (κ2) is 7.54. The number of allylic oxidation sites excluding steroid dienone is 3. The van der Waals surface area contributed by atoms with E-state index in [0.29, 0.717) is 6.61 Å². The van der Waals surface area contributed by atoms with Crippen LogP contribution in [0, 0.1) is 0 Å². The van der Waals surface area contributed by atoms with Gasteiger partial charge in [0, 0.05) is 11.4 Å². The summed E-state index contributed by atoms with van der Waals surface area (Å²) in [6.45, 7) is 2.20. The predicted octanol–water partition coefficient (Wildman–Crippen LogP) is 2.06. The standard InChI is InChI=1S/C8H11BrO2/c1-2-11-8(10)6-4-3-5-7-9/h3-6H,2,7H2,1H3. The van der Waals surface area contributed by atoms with Crippen molar-refractivity contribution in [2.45, 2.75) is 6.92 Å². The molecule has 0 spiro atoms. The van der Waals surface area contributed by atoms with Crippen LogP contribution in [0.1, 0.15) is 6.92 Å². The van der Waals surface area contributed by atoms with Crippen LogP contribution in [0.3, 0.4) is 0 Å². The predicted molar refractivity (Wildman–Crippen MR) is 48.7 cm³/mol. The molecule has 11 heavy (non-hydrogen) atoms. The molecular formula is C8H11BrO2. The van der Waals surface area contributed by atoms with Gasteiger partial charge in [0.15, 0.2) is 0 Å². The third kappa shape index (κ3) is 7.33. The molecule has 0 saturated carbocycles. The van der Waals surface area contributed by atoms with Gasteiger partial charge in [-0.25, -0.2) is 4.79 Å². The average Bonchev–Trinajstić information content (AvgIpc) is 1.99. The number of ether oxygens (including phenoxy) is 1. The van der Waals surface area contributed by atoms with Crippen LogP contribution in [0.2, 0.25) is 0 Å². The molecule has 0 rings (SSSR count). The number of alkyl halides is 1. The van der Waals surface area contributed by atoms with Crippen molar-refractivity contribution < 1.29 is 9.53 Å². The zero-order valence-electron chi connectivity index (χ0n) is 6.42. The Morgan fingerprint density at radius 2 is 2.27 bits per heavy atom. The molecule has 0 unspecified atom stereocenters. The monoisotopic (exact) mass is 218 g/mol. The highest BCUT2D eigenvalue weighted by atomic mass is 79.9. The molecule has 0 heterocycles. The Hall–Kier alpha value is -0.570. The maximum Gasteiger partial charge on any atom is 0.330 e. The number of carbonyl (C=O) groups excluding carboxylic acids is 1. The van der Waals surface area contributed by atoms with Gasteiger partial charge in [0.05, 0.1) is 6.61 Å². The lowest BCUT2D eigenvalue weighted by Gasteiger charge is -1.92. The number of hydrogen-bond donors (Lipinski definition) is 0.